The average molecular weight is 299 g/mol. The summed E-state index contributed by atoms with van der Waals surface area (Å²) in [7, 11) is 0. The van der Waals surface area contributed by atoms with Gasteiger partial charge in [-0.1, -0.05) is 77.6 Å². The normalized spacial score (nSPS) is 19.0. The predicted octanol–water partition coefficient (Wildman–Crippen LogP) is 4.22. The summed E-state index contributed by atoms with van der Waals surface area (Å²) in [5.74, 6) is 0. The van der Waals surface area contributed by atoms with Crippen molar-refractivity contribution in [3.8, 4) is 0 Å². The fraction of sp³-hybridized carbons (Fsp3) is 1.00. The molecule has 0 spiro atoms. The van der Waals surface area contributed by atoms with Gasteiger partial charge in [0.05, 0.1) is 6.61 Å². The summed E-state index contributed by atoms with van der Waals surface area (Å²) in [5, 5.41) is 6.82. The third kappa shape index (κ3) is 12.1. The van der Waals surface area contributed by atoms with Gasteiger partial charge in [0.25, 0.3) is 0 Å². The van der Waals surface area contributed by atoms with Crippen LogP contribution < -0.4 is 10.6 Å². The number of unbranched alkanes of at least 4 members (excludes halogenated alkanes) is 11. The Morgan fingerprint density at radius 2 is 1.43 bits per heavy atom. The molecule has 1 atom stereocenters. The van der Waals surface area contributed by atoms with Crippen LogP contribution in [0.15, 0.2) is 0 Å². The molecule has 1 aliphatic heterocycles. The van der Waals surface area contributed by atoms with Gasteiger partial charge in [0, 0.05) is 13.1 Å². The molecule has 1 aliphatic rings. The Hall–Kier alpha value is -0.120. The van der Waals surface area contributed by atoms with E-state index in [4.69, 9.17) is 4.74 Å². The highest BCUT2D eigenvalue weighted by atomic mass is 16.5. The van der Waals surface area contributed by atoms with Gasteiger partial charge in [-0.2, -0.15) is 0 Å². The highest BCUT2D eigenvalue weighted by Crippen LogP contribution is 2.11. The van der Waals surface area contributed by atoms with Gasteiger partial charge in [-0.3, -0.25) is 5.32 Å². The Balaban J connectivity index is 1.69. The van der Waals surface area contributed by atoms with Crippen LogP contribution >= 0.6 is 0 Å². The fourth-order valence-electron chi connectivity index (χ4n) is 2.93. The summed E-state index contributed by atoms with van der Waals surface area (Å²) < 4.78 is 5.61. The van der Waals surface area contributed by atoms with Crippen molar-refractivity contribution in [3.63, 3.8) is 0 Å². The molecule has 0 amide bonds. The summed E-state index contributed by atoms with van der Waals surface area (Å²) in [4.78, 5) is 0. The van der Waals surface area contributed by atoms with Gasteiger partial charge in [0.2, 0.25) is 0 Å². The van der Waals surface area contributed by atoms with Crippen molar-refractivity contribution in [1.29, 1.82) is 0 Å². The van der Waals surface area contributed by atoms with Crippen LogP contribution in [0.2, 0.25) is 0 Å². The monoisotopic (exact) mass is 298 g/mol. The van der Waals surface area contributed by atoms with Gasteiger partial charge >= 0.3 is 0 Å². The van der Waals surface area contributed by atoms with Crippen molar-refractivity contribution in [2.24, 2.45) is 0 Å². The summed E-state index contributed by atoms with van der Waals surface area (Å²) in [6.07, 6.45) is 17.2. The van der Waals surface area contributed by atoms with E-state index >= 15 is 0 Å². The lowest BCUT2D eigenvalue weighted by atomic mass is 10.1. The molecule has 0 saturated carbocycles. The average Bonchev–Trinajstić information content (AvgIpc) is 2.53. The van der Waals surface area contributed by atoms with Crippen LogP contribution in [0.1, 0.15) is 84.0 Å². The SMILES string of the molecule is CCCCCCCCCCCCCCNC1CNCCO1. The van der Waals surface area contributed by atoms with Crippen LogP contribution in [0.4, 0.5) is 0 Å². The van der Waals surface area contributed by atoms with Crippen molar-refractivity contribution in [1.82, 2.24) is 10.6 Å². The molecule has 3 heteroatoms. The van der Waals surface area contributed by atoms with Crippen molar-refractivity contribution >= 4 is 0 Å². The molecule has 0 aromatic rings. The second kappa shape index (κ2) is 14.8. The van der Waals surface area contributed by atoms with Crippen LogP contribution in [-0.2, 0) is 4.74 Å². The molecule has 0 aliphatic carbocycles. The quantitative estimate of drug-likeness (QED) is 0.471. The molecule has 3 nitrogen and oxygen atoms in total. The molecule has 0 radical (unpaired) electrons. The lowest BCUT2D eigenvalue weighted by molar-refractivity contribution is 0.00702. The number of hydrogen-bond donors (Lipinski definition) is 2. The highest BCUT2D eigenvalue weighted by molar-refractivity contribution is 4.64. The zero-order chi connectivity index (χ0) is 15.0. The predicted molar refractivity (Wildman–Crippen MR) is 91.7 cm³/mol. The third-order valence-corrected chi connectivity index (χ3v) is 4.33. The first-order valence-corrected chi connectivity index (χ1v) is 9.49. The molecule has 21 heavy (non-hydrogen) atoms. The van der Waals surface area contributed by atoms with Crippen molar-refractivity contribution in [2.75, 3.05) is 26.2 Å². The Labute approximate surface area is 132 Å². The molecular formula is C18H38N2O. The van der Waals surface area contributed by atoms with Crippen LogP contribution in [0.5, 0.6) is 0 Å². The standard InChI is InChI=1S/C18H38N2O/c1-2-3-4-5-6-7-8-9-10-11-12-13-14-20-18-17-19-15-16-21-18/h18-20H,2-17H2,1H3. The summed E-state index contributed by atoms with van der Waals surface area (Å²) in [6.45, 7) is 6.18. The van der Waals surface area contributed by atoms with E-state index in [0.29, 0.717) is 0 Å². The highest BCUT2D eigenvalue weighted by Gasteiger charge is 2.10. The largest absolute Gasteiger partial charge is 0.361 e. The second-order valence-corrected chi connectivity index (χ2v) is 6.41. The van der Waals surface area contributed by atoms with Crippen LogP contribution in [0, 0.1) is 0 Å². The molecule has 1 unspecified atom stereocenters. The zero-order valence-corrected chi connectivity index (χ0v) is 14.3. The molecule has 1 heterocycles. The zero-order valence-electron chi connectivity index (χ0n) is 14.3. The number of rotatable bonds is 14. The first-order chi connectivity index (χ1) is 10.4. The van der Waals surface area contributed by atoms with Gasteiger partial charge in [0.15, 0.2) is 0 Å². The van der Waals surface area contributed by atoms with E-state index in [2.05, 4.69) is 17.6 Å². The molecule has 126 valence electrons. The maximum absolute atomic E-state index is 5.61. The third-order valence-electron chi connectivity index (χ3n) is 4.33. The Morgan fingerprint density at radius 3 is 1.95 bits per heavy atom. The minimum atomic E-state index is 0.242. The summed E-state index contributed by atoms with van der Waals surface area (Å²) in [5.41, 5.74) is 0. The van der Waals surface area contributed by atoms with Gasteiger partial charge < -0.3 is 10.1 Å². The Bertz CT molecular complexity index is 205. The van der Waals surface area contributed by atoms with Gasteiger partial charge in [-0.25, -0.2) is 0 Å². The van der Waals surface area contributed by atoms with Crippen molar-refractivity contribution in [3.05, 3.63) is 0 Å². The minimum absolute atomic E-state index is 0.242. The molecule has 1 saturated heterocycles. The first-order valence-electron chi connectivity index (χ1n) is 9.49. The van der Waals surface area contributed by atoms with Gasteiger partial charge in [-0.15, -0.1) is 0 Å². The van der Waals surface area contributed by atoms with Crippen LogP contribution in [0.3, 0.4) is 0 Å². The number of hydrogen-bond acceptors (Lipinski definition) is 3. The summed E-state index contributed by atoms with van der Waals surface area (Å²) >= 11 is 0. The van der Waals surface area contributed by atoms with E-state index in [0.717, 1.165) is 26.2 Å². The smallest absolute Gasteiger partial charge is 0.120 e. The van der Waals surface area contributed by atoms with E-state index in [1.54, 1.807) is 0 Å². The molecule has 1 rings (SSSR count). The van der Waals surface area contributed by atoms with Gasteiger partial charge in [-0.05, 0) is 13.0 Å². The second-order valence-electron chi connectivity index (χ2n) is 6.41. The van der Waals surface area contributed by atoms with Crippen molar-refractivity contribution in [2.45, 2.75) is 90.2 Å². The maximum Gasteiger partial charge on any atom is 0.120 e. The number of nitrogens with one attached hydrogen (secondary N) is 2. The van der Waals surface area contributed by atoms with Crippen LogP contribution in [0.25, 0.3) is 0 Å². The number of ether oxygens (including phenoxy) is 1. The van der Waals surface area contributed by atoms with E-state index in [1.165, 1.54) is 77.0 Å². The number of morpholine rings is 1. The van der Waals surface area contributed by atoms with Gasteiger partial charge in [0.1, 0.15) is 6.23 Å². The molecule has 1 fully saturated rings. The topological polar surface area (TPSA) is 33.3 Å². The van der Waals surface area contributed by atoms with E-state index in [1.807, 2.05) is 0 Å². The Morgan fingerprint density at radius 1 is 0.857 bits per heavy atom. The van der Waals surface area contributed by atoms with Crippen LogP contribution in [-0.4, -0.2) is 32.5 Å². The molecular weight excluding hydrogens is 260 g/mol. The molecule has 0 bridgehead atoms. The first kappa shape index (κ1) is 18.9. The maximum atomic E-state index is 5.61. The lowest BCUT2D eigenvalue weighted by Crippen LogP contribution is -2.47. The summed E-state index contributed by atoms with van der Waals surface area (Å²) in [6, 6.07) is 0. The fourth-order valence-corrected chi connectivity index (χ4v) is 2.93. The molecule has 0 aromatic heterocycles. The lowest BCUT2D eigenvalue weighted by Gasteiger charge is -2.24. The van der Waals surface area contributed by atoms with Crippen molar-refractivity contribution < 1.29 is 4.74 Å². The van der Waals surface area contributed by atoms with E-state index in [9.17, 15) is 0 Å². The molecule has 0 aromatic carbocycles. The molecule has 2 N–H and O–H groups in total. The Kier molecular flexibility index (Phi) is 13.3. The minimum Gasteiger partial charge on any atom is -0.361 e. The van der Waals surface area contributed by atoms with E-state index in [-0.39, 0.29) is 6.23 Å². The van der Waals surface area contributed by atoms with E-state index < -0.39 is 0 Å².